The van der Waals surface area contributed by atoms with Gasteiger partial charge in [0.25, 0.3) is 0 Å². The van der Waals surface area contributed by atoms with Crippen LogP contribution in [0.1, 0.15) is 36.1 Å². The van der Waals surface area contributed by atoms with Gasteiger partial charge in [-0.05, 0) is 95.3 Å². The Hall–Kier alpha value is -6.84. The Bertz CT molecular complexity index is 3020. The van der Waals surface area contributed by atoms with Crippen molar-refractivity contribution in [3.63, 3.8) is 0 Å². The second kappa shape index (κ2) is 12.1. The SMILES string of the molecule is Cc1cc(C)c2c(c1)-c1cccc(N(c3ccc(-c4cccc5c4oc4ccccc45)cc3)c3ccc(-c4cccc5c4oc4ccccc45)cc3)c1C2(C)C. The quantitative estimate of drug-likeness (QED) is 0.177. The van der Waals surface area contributed by atoms with E-state index in [1.807, 2.05) is 24.3 Å². The maximum absolute atomic E-state index is 6.45. The molecule has 0 radical (unpaired) electrons. The number of hydrogen-bond donors (Lipinski definition) is 0. The molecule has 2 heterocycles. The number of anilines is 3. The van der Waals surface area contributed by atoms with E-state index in [1.54, 1.807) is 0 Å². The highest BCUT2D eigenvalue weighted by Gasteiger charge is 2.40. The molecular formula is C53H39NO2. The molecule has 0 atom stereocenters. The van der Waals surface area contributed by atoms with Crippen molar-refractivity contribution in [2.45, 2.75) is 33.1 Å². The van der Waals surface area contributed by atoms with Gasteiger partial charge in [0.05, 0.1) is 5.69 Å². The largest absolute Gasteiger partial charge is 0.455 e. The summed E-state index contributed by atoms with van der Waals surface area (Å²) in [7, 11) is 0. The van der Waals surface area contributed by atoms with E-state index in [0.717, 1.165) is 77.5 Å². The van der Waals surface area contributed by atoms with E-state index in [0.29, 0.717) is 0 Å². The van der Waals surface area contributed by atoms with Crippen molar-refractivity contribution < 1.29 is 8.83 Å². The van der Waals surface area contributed by atoms with E-state index in [4.69, 9.17) is 8.83 Å². The average Bonchev–Trinajstić information content (AvgIpc) is 3.86. The first-order valence-electron chi connectivity index (χ1n) is 19.4. The first-order chi connectivity index (χ1) is 27.3. The molecule has 0 amide bonds. The molecule has 0 saturated carbocycles. The molecular weight excluding hydrogens is 683 g/mol. The van der Waals surface area contributed by atoms with Crippen LogP contribution in [0.25, 0.3) is 77.3 Å². The van der Waals surface area contributed by atoms with Crippen molar-refractivity contribution in [2.75, 3.05) is 4.90 Å². The first-order valence-corrected chi connectivity index (χ1v) is 19.4. The van der Waals surface area contributed by atoms with Gasteiger partial charge >= 0.3 is 0 Å². The van der Waals surface area contributed by atoms with Crippen molar-refractivity contribution in [3.8, 4) is 33.4 Å². The molecule has 0 spiro atoms. The molecule has 1 aliphatic carbocycles. The number of nitrogens with zero attached hydrogens (tertiary/aromatic N) is 1. The summed E-state index contributed by atoms with van der Waals surface area (Å²) in [6, 6.07) is 58.9. The van der Waals surface area contributed by atoms with Gasteiger partial charge in [0, 0.05) is 49.5 Å². The molecule has 3 heteroatoms. The number of rotatable bonds is 5. The van der Waals surface area contributed by atoms with Gasteiger partial charge in [0.1, 0.15) is 22.3 Å². The normalized spacial score (nSPS) is 13.1. The topological polar surface area (TPSA) is 29.5 Å². The summed E-state index contributed by atoms with van der Waals surface area (Å²) in [6.45, 7) is 9.24. The van der Waals surface area contributed by atoms with Crippen LogP contribution in [0.5, 0.6) is 0 Å². The maximum atomic E-state index is 6.45. The maximum Gasteiger partial charge on any atom is 0.143 e. The summed E-state index contributed by atoms with van der Waals surface area (Å²) < 4.78 is 12.9. The molecule has 0 unspecified atom stereocenters. The summed E-state index contributed by atoms with van der Waals surface area (Å²) in [6.07, 6.45) is 0. The second-order valence-corrected chi connectivity index (χ2v) is 15.8. The molecule has 2 aromatic heterocycles. The highest BCUT2D eigenvalue weighted by atomic mass is 16.3. The Morgan fingerprint density at radius 2 is 0.911 bits per heavy atom. The molecule has 56 heavy (non-hydrogen) atoms. The van der Waals surface area contributed by atoms with Crippen molar-refractivity contribution in [3.05, 3.63) is 186 Å². The zero-order valence-electron chi connectivity index (χ0n) is 31.9. The van der Waals surface area contributed by atoms with Crippen LogP contribution in [0.3, 0.4) is 0 Å². The third-order valence-corrected chi connectivity index (χ3v) is 12.0. The summed E-state index contributed by atoms with van der Waals surface area (Å²) in [5.74, 6) is 0. The Balaban J connectivity index is 1.07. The number of para-hydroxylation sites is 4. The van der Waals surface area contributed by atoms with Crippen LogP contribution in [0.15, 0.2) is 173 Å². The smallest absolute Gasteiger partial charge is 0.143 e. The molecule has 0 N–H and O–H groups in total. The van der Waals surface area contributed by atoms with Crippen molar-refractivity contribution in [1.82, 2.24) is 0 Å². The zero-order valence-corrected chi connectivity index (χ0v) is 31.9. The molecule has 1 aliphatic rings. The van der Waals surface area contributed by atoms with Gasteiger partial charge < -0.3 is 13.7 Å². The highest BCUT2D eigenvalue weighted by Crippen LogP contribution is 2.55. The van der Waals surface area contributed by atoms with Crippen molar-refractivity contribution in [1.29, 1.82) is 0 Å². The summed E-state index contributed by atoms with van der Waals surface area (Å²) in [5, 5.41) is 4.54. The fourth-order valence-electron chi connectivity index (χ4n) is 9.70. The van der Waals surface area contributed by atoms with Crippen molar-refractivity contribution in [2.24, 2.45) is 0 Å². The zero-order chi connectivity index (χ0) is 37.7. The van der Waals surface area contributed by atoms with Crippen LogP contribution >= 0.6 is 0 Å². The molecule has 11 rings (SSSR count). The molecule has 0 saturated heterocycles. The lowest BCUT2D eigenvalue weighted by Gasteiger charge is -2.32. The molecule has 0 bridgehead atoms. The fraction of sp³-hybridized carbons (Fsp3) is 0.0943. The van der Waals surface area contributed by atoms with Crippen LogP contribution < -0.4 is 4.90 Å². The number of fused-ring (bicyclic) bond motifs is 9. The number of hydrogen-bond acceptors (Lipinski definition) is 3. The Labute approximate surface area is 326 Å². The van der Waals surface area contributed by atoms with E-state index in [2.05, 4.69) is 172 Å². The van der Waals surface area contributed by atoms with E-state index in [1.165, 1.54) is 39.1 Å². The number of aryl methyl sites for hydroxylation is 2. The predicted octanol–water partition coefficient (Wildman–Crippen LogP) is 15.2. The lowest BCUT2D eigenvalue weighted by molar-refractivity contribution is 0.656. The summed E-state index contributed by atoms with van der Waals surface area (Å²) in [5.41, 5.74) is 19.2. The monoisotopic (exact) mass is 721 g/mol. The summed E-state index contributed by atoms with van der Waals surface area (Å²) >= 11 is 0. The van der Waals surface area contributed by atoms with Gasteiger partial charge in [-0.15, -0.1) is 0 Å². The van der Waals surface area contributed by atoms with E-state index in [-0.39, 0.29) is 5.41 Å². The molecule has 0 fully saturated rings. The average molecular weight is 722 g/mol. The Morgan fingerprint density at radius 3 is 1.46 bits per heavy atom. The predicted molar refractivity (Wildman–Crippen MR) is 234 cm³/mol. The van der Waals surface area contributed by atoms with Gasteiger partial charge in [0.2, 0.25) is 0 Å². The van der Waals surface area contributed by atoms with Gasteiger partial charge in [-0.2, -0.15) is 0 Å². The number of furan rings is 2. The molecule has 8 aromatic carbocycles. The van der Waals surface area contributed by atoms with Gasteiger partial charge in [-0.1, -0.05) is 141 Å². The minimum Gasteiger partial charge on any atom is -0.455 e. The summed E-state index contributed by atoms with van der Waals surface area (Å²) in [4.78, 5) is 2.44. The standard InChI is InChI=1S/C53H39NO2/c1-32-30-33(2)49-45(31-32)42-16-11-19-46(50(42)53(49,3)4)54(36-26-22-34(23-27-36)38-14-9-17-43-40-12-5-7-20-47(40)55-51(38)43)37-28-24-35(25-29-37)39-15-10-18-44-41-13-6-8-21-48(41)56-52(39)44/h5-31H,1-4H3. The second-order valence-electron chi connectivity index (χ2n) is 15.8. The Morgan fingerprint density at radius 1 is 0.429 bits per heavy atom. The van der Waals surface area contributed by atoms with Gasteiger partial charge in [0.15, 0.2) is 0 Å². The molecule has 268 valence electrons. The minimum atomic E-state index is -0.203. The Kier molecular flexibility index (Phi) is 7.03. The fourth-order valence-corrected chi connectivity index (χ4v) is 9.70. The van der Waals surface area contributed by atoms with Crippen LogP contribution in [-0.4, -0.2) is 0 Å². The molecule has 3 nitrogen and oxygen atoms in total. The van der Waals surface area contributed by atoms with Gasteiger partial charge in [-0.3, -0.25) is 0 Å². The molecule has 0 aliphatic heterocycles. The minimum absolute atomic E-state index is 0.203. The van der Waals surface area contributed by atoms with Gasteiger partial charge in [-0.25, -0.2) is 0 Å². The highest BCUT2D eigenvalue weighted by molar-refractivity contribution is 6.10. The van der Waals surface area contributed by atoms with Crippen LogP contribution in [0, 0.1) is 13.8 Å². The van der Waals surface area contributed by atoms with E-state index < -0.39 is 0 Å². The van der Waals surface area contributed by atoms with Crippen LogP contribution in [0.4, 0.5) is 17.1 Å². The van der Waals surface area contributed by atoms with Crippen LogP contribution in [-0.2, 0) is 5.41 Å². The van der Waals surface area contributed by atoms with E-state index in [9.17, 15) is 0 Å². The first kappa shape index (κ1) is 32.6. The van der Waals surface area contributed by atoms with E-state index >= 15 is 0 Å². The third kappa shape index (κ3) is 4.77. The lowest BCUT2D eigenvalue weighted by Crippen LogP contribution is -2.21. The van der Waals surface area contributed by atoms with Crippen molar-refractivity contribution >= 4 is 60.9 Å². The lowest BCUT2D eigenvalue weighted by atomic mass is 9.79. The number of benzene rings is 8. The van der Waals surface area contributed by atoms with Crippen LogP contribution in [0.2, 0.25) is 0 Å². The third-order valence-electron chi connectivity index (χ3n) is 12.0. The molecule has 10 aromatic rings.